The molecule has 0 unspecified atom stereocenters. The lowest BCUT2D eigenvalue weighted by atomic mass is 10.1. The summed E-state index contributed by atoms with van der Waals surface area (Å²) in [6, 6.07) is 0. The van der Waals surface area contributed by atoms with Crippen LogP contribution in [0.1, 0.15) is 6.92 Å². The fourth-order valence-corrected chi connectivity index (χ4v) is 1.17. The number of hydrogen-bond acceptors (Lipinski definition) is 2. The highest BCUT2D eigenvalue weighted by Gasteiger charge is 2.28. The van der Waals surface area contributed by atoms with E-state index < -0.39 is 0 Å². The van der Waals surface area contributed by atoms with Crippen molar-refractivity contribution < 1.29 is 9.90 Å². The molecule has 1 aliphatic carbocycles. The van der Waals surface area contributed by atoms with Gasteiger partial charge < -0.3 is 5.11 Å². The molecule has 0 atom stereocenters. The summed E-state index contributed by atoms with van der Waals surface area (Å²) in [5.41, 5.74) is 1.07. The first kappa shape index (κ1) is 8.53. The Labute approximate surface area is 71.2 Å². The van der Waals surface area contributed by atoms with Crippen LogP contribution in [-0.2, 0) is 4.79 Å². The molecule has 0 bridgehead atoms. The predicted molar refractivity (Wildman–Crippen MR) is 47.8 cm³/mol. The molecule has 0 aromatic heterocycles. The van der Waals surface area contributed by atoms with Crippen molar-refractivity contribution in [3.8, 4) is 0 Å². The largest absolute Gasteiger partial charge is 0.507 e. The zero-order chi connectivity index (χ0) is 9.30. The lowest BCUT2D eigenvalue weighted by molar-refractivity contribution is -0.111. The van der Waals surface area contributed by atoms with Gasteiger partial charge in [-0.15, -0.1) is 0 Å². The molecule has 0 aliphatic heterocycles. The van der Waals surface area contributed by atoms with Gasteiger partial charge in [0.2, 0.25) is 0 Å². The second-order valence-corrected chi connectivity index (χ2v) is 2.48. The van der Waals surface area contributed by atoms with Gasteiger partial charge in [-0.05, 0) is 6.92 Å². The highest BCUT2D eigenvalue weighted by Crippen LogP contribution is 2.30. The van der Waals surface area contributed by atoms with Crippen LogP contribution in [0.15, 0.2) is 47.8 Å². The minimum absolute atomic E-state index is 0.0116. The number of carbonyl (C=O) groups is 1. The Balaban J connectivity index is 3.33. The third-order valence-corrected chi connectivity index (χ3v) is 1.85. The van der Waals surface area contributed by atoms with Gasteiger partial charge in [0.05, 0.1) is 5.57 Å². The van der Waals surface area contributed by atoms with E-state index in [1.807, 2.05) is 0 Å². The van der Waals surface area contributed by atoms with E-state index in [0.717, 1.165) is 0 Å². The van der Waals surface area contributed by atoms with Crippen LogP contribution in [-0.4, -0.2) is 10.9 Å². The van der Waals surface area contributed by atoms with Crippen LogP contribution >= 0.6 is 0 Å². The summed E-state index contributed by atoms with van der Waals surface area (Å²) in [4.78, 5) is 11.3. The van der Waals surface area contributed by atoms with Crippen LogP contribution in [0.2, 0.25) is 0 Å². The van der Waals surface area contributed by atoms with Crippen molar-refractivity contribution in [3.05, 3.63) is 47.8 Å². The van der Waals surface area contributed by atoms with Gasteiger partial charge in [-0.2, -0.15) is 0 Å². The molecule has 1 N–H and O–H groups in total. The second kappa shape index (κ2) is 2.81. The van der Waals surface area contributed by atoms with Crippen molar-refractivity contribution in [1.29, 1.82) is 0 Å². The molecule has 0 amide bonds. The van der Waals surface area contributed by atoms with Crippen molar-refractivity contribution in [3.63, 3.8) is 0 Å². The molecular weight excluding hydrogens is 152 g/mol. The SMILES string of the molecule is C=CC1=C(O)/C(=C/C)C(=O)C1=C. The van der Waals surface area contributed by atoms with E-state index in [0.29, 0.717) is 16.7 Å². The Morgan fingerprint density at radius 2 is 2.08 bits per heavy atom. The summed E-state index contributed by atoms with van der Waals surface area (Å²) < 4.78 is 0. The first-order valence-corrected chi connectivity index (χ1v) is 3.59. The molecular formula is C10H10O2. The molecule has 0 saturated heterocycles. The van der Waals surface area contributed by atoms with E-state index in [1.54, 1.807) is 13.0 Å². The van der Waals surface area contributed by atoms with Gasteiger partial charge in [-0.3, -0.25) is 4.79 Å². The van der Waals surface area contributed by atoms with Gasteiger partial charge in [0, 0.05) is 11.1 Å². The van der Waals surface area contributed by atoms with Crippen molar-refractivity contribution in [2.75, 3.05) is 0 Å². The van der Waals surface area contributed by atoms with Crippen molar-refractivity contribution in [2.24, 2.45) is 0 Å². The molecule has 1 aliphatic rings. The number of carbonyl (C=O) groups excluding carboxylic acids is 1. The highest BCUT2D eigenvalue weighted by atomic mass is 16.3. The molecule has 0 fully saturated rings. The zero-order valence-electron chi connectivity index (χ0n) is 6.92. The third-order valence-electron chi connectivity index (χ3n) is 1.85. The molecule has 0 aromatic rings. The van der Waals surface area contributed by atoms with E-state index >= 15 is 0 Å². The van der Waals surface area contributed by atoms with Crippen LogP contribution in [0.3, 0.4) is 0 Å². The fourth-order valence-electron chi connectivity index (χ4n) is 1.17. The van der Waals surface area contributed by atoms with E-state index in [2.05, 4.69) is 13.2 Å². The summed E-state index contributed by atoms with van der Waals surface area (Å²) >= 11 is 0. The minimum atomic E-state index is -0.218. The third kappa shape index (κ3) is 0.925. The Kier molecular flexibility index (Phi) is 2.00. The molecule has 62 valence electrons. The minimum Gasteiger partial charge on any atom is -0.507 e. The molecule has 0 aromatic carbocycles. The number of rotatable bonds is 1. The van der Waals surface area contributed by atoms with Gasteiger partial charge in [0.25, 0.3) is 0 Å². The fraction of sp³-hybridized carbons (Fsp3) is 0.100. The number of ketones is 1. The summed E-state index contributed by atoms with van der Waals surface area (Å²) in [7, 11) is 0. The maximum atomic E-state index is 11.3. The van der Waals surface area contributed by atoms with Crippen LogP contribution in [0.25, 0.3) is 0 Å². The zero-order valence-corrected chi connectivity index (χ0v) is 6.92. The van der Waals surface area contributed by atoms with Crippen LogP contribution in [0, 0.1) is 0 Å². The second-order valence-electron chi connectivity index (χ2n) is 2.48. The van der Waals surface area contributed by atoms with Crippen LogP contribution in [0.4, 0.5) is 0 Å². The smallest absolute Gasteiger partial charge is 0.196 e. The molecule has 12 heavy (non-hydrogen) atoms. The number of Topliss-reactive ketones (excluding diaryl/α,β-unsaturated/α-hetero) is 1. The first-order chi connectivity index (χ1) is 5.63. The predicted octanol–water partition coefficient (Wildman–Crippen LogP) is 2.07. The van der Waals surface area contributed by atoms with Gasteiger partial charge >= 0.3 is 0 Å². The summed E-state index contributed by atoms with van der Waals surface area (Å²) in [5, 5.41) is 9.45. The topological polar surface area (TPSA) is 37.3 Å². The summed E-state index contributed by atoms with van der Waals surface area (Å²) in [6.07, 6.45) is 3.01. The summed E-state index contributed by atoms with van der Waals surface area (Å²) in [5.74, 6) is -0.229. The van der Waals surface area contributed by atoms with Gasteiger partial charge in [-0.25, -0.2) is 0 Å². The van der Waals surface area contributed by atoms with Gasteiger partial charge in [0.15, 0.2) is 5.78 Å². The van der Waals surface area contributed by atoms with E-state index in [-0.39, 0.29) is 11.5 Å². The maximum absolute atomic E-state index is 11.3. The molecule has 2 heteroatoms. The van der Waals surface area contributed by atoms with Crippen molar-refractivity contribution in [1.82, 2.24) is 0 Å². The average molecular weight is 162 g/mol. The highest BCUT2D eigenvalue weighted by molar-refractivity contribution is 6.17. The first-order valence-electron chi connectivity index (χ1n) is 3.59. The molecule has 0 radical (unpaired) electrons. The number of hydrogen-bond donors (Lipinski definition) is 1. The van der Waals surface area contributed by atoms with Crippen molar-refractivity contribution >= 4 is 5.78 Å². The molecule has 2 nitrogen and oxygen atoms in total. The Morgan fingerprint density at radius 1 is 1.50 bits per heavy atom. The van der Waals surface area contributed by atoms with E-state index in [9.17, 15) is 9.90 Å². The Morgan fingerprint density at radius 3 is 2.33 bits per heavy atom. The molecule has 1 rings (SSSR count). The number of aliphatic hydroxyl groups excluding tert-OH is 1. The van der Waals surface area contributed by atoms with E-state index in [4.69, 9.17) is 0 Å². The standard InChI is InChI=1S/C10H10O2/c1-4-7-6(3)9(11)8(5-2)10(7)12/h4-5,12H,1,3H2,2H3/b8-5+. The van der Waals surface area contributed by atoms with Crippen LogP contribution < -0.4 is 0 Å². The molecule has 0 saturated carbocycles. The van der Waals surface area contributed by atoms with Crippen molar-refractivity contribution in [2.45, 2.75) is 6.92 Å². The average Bonchev–Trinajstić information content (AvgIpc) is 2.25. The molecule has 0 spiro atoms. The quantitative estimate of drug-likeness (QED) is 0.599. The Hall–Kier alpha value is -1.57. The van der Waals surface area contributed by atoms with Crippen LogP contribution in [0.5, 0.6) is 0 Å². The van der Waals surface area contributed by atoms with Gasteiger partial charge in [-0.1, -0.05) is 25.3 Å². The lowest BCUT2D eigenvalue weighted by Gasteiger charge is -1.92. The lowest BCUT2D eigenvalue weighted by Crippen LogP contribution is -1.97. The van der Waals surface area contributed by atoms with Gasteiger partial charge in [0.1, 0.15) is 5.76 Å². The monoisotopic (exact) mass is 162 g/mol. The number of aliphatic hydroxyl groups is 1. The maximum Gasteiger partial charge on any atom is 0.196 e. The summed E-state index contributed by atoms with van der Waals surface area (Å²) in [6.45, 7) is 8.74. The Bertz CT molecular complexity index is 330. The van der Waals surface area contributed by atoms with E-state index in [1.165, 1.54) is 6.08 Å². The normalized spacial score (nSPS) is 20.9. The molecule has 0 heterocycles. The number of allylic oxidation sites excluding steroid dienone is 5.